The second-order valence-electron chi connectivity index (χ2n) is 7.52. The van der Waals surface area contributed by atoms with Crippen LogP contribution in [0.4, 0.5) is 13.2 Å². The lowest BCUT2D eigenvalue weighted by atomic mass is 9.96. The highest BCUT2D eigenvalue weighted by Crippen LogP contribution is 2.34. The smallest absolute Gasteiger partial charge is 0.349 e. The molecular formula is C20H24F3N3OS. The molecular weight excluding hydrogens is 387 g/mol. The summed E-state index contributed by atoms with van der Waals surface area (Å²) in [5, 5.41) is 3.58. The fourth-order valence-corrected chi connectivity index (χ4v) is 4.66. The molecule has 28 heavy (non-hydrogen) atoms. The van der Waals surface area contributed by atoms with Gasteiger partial charge in [0.05, 0.1) is 11.3 Å². The number of aromatic nitrogens is 1. The molecule has 0 saturated heterocycles. The second kappa shape index (κ2) is 7.83. The zero-order chi connectivity index (χ0) is 20.5. The van der Waals surface area contributed by atoms with Crippen LogP contribution in [0.2, 0.25) is 0 Å². The molecule has 0 radical (unpaired) electrons. The molecule has 8 heteroatoms. The number of halogens is 3. The Morgan fingerprint density at radius 1 is 1.21 bits per heavy atom. The van der Waals surface area contributed by atoms with Crippen LogP contribution in [-0.2, 0) is 6.18 Å². The van der Waals surface area contributed by atoms with Gasteiger partial charge in [0, 0.05) is 17.6 Å². The Morgan fingerprint density at radius 2 is 1.82 bits per heavy atom. The molecule has 0 unspecified atom stereocenters. The summed E-state index contributed by atoms with van der Waals surface area (Å²) in [4.78, 5) is 19.8. The molecule has 1 fully saturated rings. The molecule has 1 saturated carbocycles. The van der Waals surface area contributed by atoms with E-state index in [0.29, 0.717) is 27.7 Å². The third-order valence-electron chi connectivity index (χ3n) is 5.52. The van der Waals surface area contributed by atoms with E-state index in [9.17, 15) is 18.0 Å². The van der Waals surface area contributed by atoms with Crippen molar-refractivity contribution >= 4 is 17.2 Å². The van der Waals surface area contributed by atoms with E-state index < -0.39 is 11.7 Å². The number of nitrogens with zero attached hydrogens (tertiary/aromatic N) is 2. The lowest BCUT2D eigenvalue weighted by molar-refractivity contribution is -0.137. The van der Waals surface area contributed by atoms with Gasteiger partial charge in [0.1, 0.15) is 9.88 Å². The first-order valence-corrected chi connectivity index (χ1v) is 10.0. The number of thiazole rings is 1. The maximum atomic E-state index is 12.7. The van der Waals surface area contributed by atoms with Gasteiger partial charge in [-0.1, -0.05) is 25.0 Å². The van der Waals surface area contributed by atoms with Crippen molar-refractivity contribution in [1.82, 2.24) is 15.2 Å². The lowest BCUT2D eigenvalue weighted by Crippen LogP contribution is -2.50. The van der Waals surface area contributed by atoms with Crippen LogP contribution < -0.4 is 5.32 Å². The third kappa shape index (κ3) is 4.22. The maximum absolute atomic E-state index is 12.7. The summed E-state index contributed by atoms with van der Waals surface area (Å²) >= 11 is 1.21. The highest BCUT2D eigenvalue weighted by Gasteiger charge is 2.36. The van der Waals surface area contributed by atoms with E-state index in [1.807, 2.05) is 14.1 Å². The molecule has 0 aliphatic heterocycles. The maximum Gasteiger partial charge on any atom is 0.416 e. The zero-order valence-corrected chi connectivity index (χ0v) is 17.0. The van der Waals surface area contributed by atoms with Gasteiger partial charge in [-0.3, -0.25) is 4.79 Å². The van der Waals surface area contributed by atoms with E-state index in [1.54, 1.807) is 6.92 Å². The molecule has 1 N–H and O–H groups in total. The SMILES string of the molecule is Cc1nc(-c2ccc(C(F)(F)F)cc2)sc1C(=O)NCC1(N(C)C)CCCC1. The van der Waals surface area contributed by atoms with Crippen molar-refractivity contribution in [2.45, 2.75) is 44.3 Å². The molecule has 0 spiro atoms. The van der Waals surface area contributed by atoms with Crippen LogP contribution in [0.1, 0.15) is 46.6 Å². The van der Waals surface area contributed by atoms with E-state index in [0.717, 1.165) is 37.8 Å². The Kier molecular flexibility index (Phi) is 5.82. The first-order valence-electron chi connectivity index (χ1n) is 9.23. The van der Waals surface area contributed by atoms with Gasteiger partial charge in [-0.2, -0.15) is 13.2 Å². The summed E-state index contributed by atoms with van der Waals surface area (Å²) in [5.41, 5.74) is 0.446. The van der Waals surface area contributed by atoms with Crippen LogP contribution in [0.25, 0.3) is 10.6 Å². The first-order chi connectivity index (χ1) is 13.1. The monoisotopic (exact) mass is 411 g/mol. The van der Waals surface area contributed by atoms with E-state index >= 15 is 0 Å². The highest BCUT2D eigenvalue weighted by atomic mass is 32.1. The van der Waals surface area contributed by atoms with Crippen LogP contribution in [0.5, 0.6) is 0 Å². The van der Waals surface area contributed by atoms with Crippen LogP contribution in [0, 0.1) is 6.92 Å². The third-order valence-corrected chi connectivity index (χ3v) is 6.73. The van der Waals surface area contributed by atoms with Crippen molar-refractivity contribution < 1.29 is 18.0 Å². The lowest BCUT2D eigenvalue weighted by Gasteiger charge is -2.36. The Balaban J connectivity index is 1.74. The number of rotatable bonds is 5. The Labute approximate surface area is 166 Å². The predicted molar refractivity (Wildman–Crippen MR) is 105 cm³/mol. The van der Waals surface area contributed by atoms with Crippen LogP contribution >= 0.6 is 11.3 Å². The number of carbonyl (C=O) groups is 1. The number of benzene rings is 1. The molecule has 2 aromatic rings. The van der Waals surface area contributed by atoms with Gasteiger partial charge in [-0.05, 0) is 46.0 Å². The minimum absolute atomic E-state index is 0.00942. The fraction of sp³-hybridized carbons (Fsp3) is 0.500. The molecule has 1 heterocycles. The number of alkyl halides is 3. The van der Waals surface area contributed by atoms with Crippen molar-refractivity contribution in [3.05, 3.63) is 40.4 Å². The minimum Gasteiger partial charge on any atom is -0.349 e. The zero-order valence-electron chi connectivity index (χ0n) is 16.2. The number of aryl methyl sites for hydroxylation is 1. The van der Waals surface area contributed by atoms with E-state index in [2.05, 4.69) is 15.2 Å². The molecule has 0 atom stereocenters. The van der Waals surface area contributed by atoms with Gasteiger partial charge in [0.25, 0.3) is 5.91 Å². The first kappa shape index (κ1) is 20.8. The standard InChI is InChI=1S/C20H24F3N3OS/c1-13-16(17(27)24-12-19(26(2)3)10-4-5-11-19)28-18(25-13)14-6-8-15(9-7-14)20(21,22)23/h6-9H,4-5,10-12H2,1-3H3,(H,24,27). The summed E-state index contributed by atoms with van der Waals surface area (Å²) in [5.74, 6) is -0.179. The van der Waals surface area contributed by atoms with Gasteiger partial charge < -0.3 is 10.2 Å². The summed E-state index contributed by atoms with van der Waals surface area (Å²) in [6.45, 7) is 2.32. The van der Waals surface area contributed by atoms with Gasteiger partial charge in [-0.25, -0.2) is 4.98 Å². The predicted octanol–water partition coefficient (Wildman–Crippen LogP) is 4.74. The quantitative estimate of drug-likeness (QED) is 0.773. The van der Waals surface area contributed by atoms with Gasteiger partial charge in [0.15, 0.2) is 0 Å². The van der Waals surface area contributed by atoms with Crippen LogP contribution in [-0.4, -0.2) is 42.0 Å². The summed E-state index contributed by atoms with van der Waals surface area (Å²) in [6, 6.07) is 4.85. The second-order valence-corrected chi connectivity index (χ2v) is 8.52. The van der Waals surface area contributed by atoms with E-state index in [4.69, 9.17) is 0 Å². The Hall–Kier alpha value is -1.93. The van der Waals surface area contributed by atoms with E-state index in [-0.39, 0.29) is 11.4 Å². The van der Waals surface area contributed by atoms with Crippen molar-refractivity contribution in [2.24, 2.45) is 0 Å². The Morgan fingerprint density at radius 3 is 2.36 bits per heavy atom. The highest BCUT2D eigenvalue weighted by molar-refractivity contribution is 7.17. The largest absolute Gasteiger partial charge is 0.416 e. The number of likely N-dealkylation sites (N-methyl/N-ethyl adjacent to an activating group) is 1. The van der Waals surface area contributed by atoms with Crippen LogP contribution in [0.15, 0.2) is 24.3 Å². The molecule has 1 aliphatic rings. The number of hydrogen-bond donors (Lipinski definition) is 1. The molecule has 3 rings (SSSR count). The molecule has 0 bridgehead atoms. The van der Waals surface area contributed by atoms with Crippen LogP contribution in [0.3, 0.4) is 0 Å². The number of hydrogen-bond acceptors (Lipinski definition) is 4. The molecule has 152 valence electrons. The molecule has 1 aromatic heterocycles. The molecule has 4 nitrogen and oxygen atoms in total. The Bertz CT molecular complexity index is 837. The molecule has 1 amide bonds. The molecule has 1 aromatic carbocycles. The van der Waals surface area contributed by atoms with Crippen molar-refractivity contribution in [3.63, 3.8) is 0 Å². The van der Waals surface area contributed by atoms with Gasteiger partial charge >= 0.3 is 6.18 Å². The summed E-state index contributed by atoms with van der Waals surface area (Å²) in [6.07, 6.45) is 0.0555. The number of nitrogens with one attached hydrogen (secondary N) is 1. The fourth-order valence-electron chi connectivity index (χ4n) is 3.67. The topological polar surface area (TPSA) is 45.2 Å². The van der Waals surface area contributed by atoms with Gasteiger partial charge in [-0.15, -0.1) is 11.3 Å². The summed E-state index contributed by atoms with van der Waals surface area (Å²) in [7, 11) is 4.08. The average molecular weight is 411 g/mol. The average Bonchev–Trinajstić information content (AvgIpc) is 3.27. The number of carbonyl (C=O) groups excluding carboxylic acids is 1. The van der Waals surface area contributed by atoms with Gasteiger partial charge in [0.2, 0.25) is 0 Å². The minimum atomic E-state index is -4.37. The number of amides is 1. The molecule has 1 aliphatic carbocycles. The summed E-state index contributed by atoms with van der Waals surface area (Å²) < 4.78 is 38.2. The van der Waals surface area contributed by atoms with Crippen molar-refractivity contribution in [2.75, 3.05) is 20.6 Å². The van der Waals surface area contributed by atoms with Crippen molar-refractivity contribution in [3.8, 4) is 10.6 Å². The van der Waals surface area contributed by atoms with E-state index in [1.165, 1.54) is 23.5 Å². The normalized spacial score (nSPS) is 16.5. The van der Waals surface area contributed by atoms with Crippen molar-refractivity contribution in [1.29, 1.82) is 0 Å².